The fraction of sp³-hybridized carbons (Fsp3) is 0.409. The molecule has 7 heteroatoms. The predicted octanol–water partition coefficient (Wildman–Crippen LogP) is 2.95. The molecule has 2 aliphatic rings. The summed E-state index contributed by atoms with van der Waals surface area (Å²) in [4.78, 5) is 31.9. The monoisotopic (exact) mass is 393 g/mol. The number of hydrogen-bond donors (Lipinski definition) is 0. The Hall–Kier alpha value is -2.93. The molecule has 0 unspecified atom stereocenters. The fourth-order valence-electron chi connectivity index (χ4n) is 4.04. The Balaban J connectivity index is 1.37. The zero-order valence-electron chi connectivity index (χ0n) is 16.4. The van der Waals surface area contributed by atoms with E-state index in [1.165, 1.54) is 0 Å². The van der Waals surface area contributed by atoms with E-state index in [1.807, 2.05) is 35.0 Å². The van der Waals surface area contributed by atoms with Crippen molar-refractivity contribution in [2.24, 2.45) is 5.92 Å². The van der Waals surface area contributed by atoms with E-state index in [9.17, 15) is 9.59 Å². The Morgan fingerprint density at radius 1 is 1.28 bits per heavy atom. The number of aromatic nitrogens is 2. The molecule has 1 fully saturated rings. The molecule has 1 aliphatic heterocycles. The number of carbonyl (C=O) groups is 2. The van der Waals surface area contributed by atoms with Gasteiger partial charge in [0.05, 0.1) is 6.54 Å². The number of ketones is 1. The van der Waals surface area contributed by atoms with E-state index in [-0.39, 0.29) is 24.2 Å². The summed E-state index contributed by atoms with van der Waals surface area (Å²) in [6.07, 6.45) is 4.44. The summed E-state index contributed by atoms with van der Waals surface area (Å²) < 4.78 is 12.7. The van der Waals surface area contributed by atoms with E-state index in [2.05, 4.69) is 4.98 Å². The molecule has 0 radical (unpaired) electrons. The van der Waals surface area contributed by atoms with Gasteiger partial charge in [-0.1, -0.05) is 18.2 Å². The number of oxazole rings is 1. The van der Waals surface area contributed by atoms with Gasteiger partial charge in [-0.05, 0) is 18.9 Å². The Labute approximate surface area is 168 Å². The first-order valence-corrected chi connectivity index (χ1v) is 10.0. The van der Waals surface area contributed by atoms with Crippen molar-refractivity contribution in [3.8, 4) is 0 Å². The van der Waals surface area contributed by atoms with Gasteiger partial charge in [0.15, 0.2) is 5.78 Å². The van der Waals surface area contributed by atoms with E-state index in [1.54, 1.807) is 12.0 Å². The van der Waals surface area contributed by atoms with E-state index in [0.717, 1.165) is 40.8 Å². The third-order valence-electron chi connectivity index (χ3n) is 5.70. The van der Waals surface area contributed by atoms with E-state index < -0.39 is 0 Å². The van der Waals surface area contributed by atoms with Gasteiger partial charge in [-0.3, -0.25) is 9.59 Å². The first kappa shape index (κ1) is 18.1. The van der Waals surface area contributed by atoms with Crippen molar-refractivity contribution in [1.82, 2.24) is 14.5 Å². The summed E-state index contributed by atoms with van der Waals surface area (Å²) in [5.41, 5.74) is 2.46. The SMILES string of the molecule is COCc1nc2c(o1)CCN(C(=O)Cn1cc(C(=O)C3CC3)c3ccccc31)C2. The summed E-state index contributed by atoms with van der Waals surface area (Å²) >= 11 is 0. The molecule has 0 N–H and O–H groups in total. The lowest BCUT2D eigenvalue weighted by molar-refractivity contribution is -0.132. The molecule has 1 aliphatic carbocycles. The Bertz CT molecular complexity index is 1090. The van der Waals surface area contributed by atoms with Crippen LogP contribution in [-0.2, 0) is 35.6 Å². The van der Waals surface area contributed by atoms with Crippen LogP contribution in [0.2, 0.25) is 0 Å². The molecule has 1 amide bonds. The number of nitrogens with zero attached hydrogens (tertiary/aromatic N) is 3. The van der Waals surface area contributed by atoms with Crippen molar-refractivity contribution < 1.29 is 18.7 Å². The van der Waals surface area contributed by atoms with Crippen LogP contribution in [0.25, 0.3) is 10.9 Å². The quantitative estimate of drug-likeness (QED) is 0.602. The molecule has 0 atom stereocenters. The molecule has 3 aromatic rings. The van der Waals surface area contributed by atoms with Crippen LogP contribution in [0.4, 0.5) is 0 Å². The van der Waals surface area contributed by atoms with Crippen LogP contribution in [0.15, 0.2) is 34.9 Å². The molecular formula is C22H23N3O4. The van der Waals surface area contributed by atoms with Crippen molar-refractivity contribution in [2.45, 2.75) is 39.0 Å². The number of benzene rings is 1. The second-order valence-corrected chi connectivity index (χ2v) is 7.80. The van der Waals surface area contributed by atoms with Crippen molar-refractivity contribution in [3.05, 3.63) is 53.4 Å². The van der Waals surface area contributed by atoms with Crippen LogP contribution in [0.5, 0.6) is 0 Å². The Morgan fingerprint density at radius 2 is 2.10 bits per heavy atom. The van der Waals surface area contributed by atoms with Crippen molar-refractivity contribution >= 4 is 22.6 Å². The molecule has 2 aromatic heterocycles. The third kappa shape index (κ3) is 3.35. The maximum absolute atomic E-state index is 13.0. The van der Waals surface area contributed by atoms with Crippen LogP contribution < -0.4 is 0 Å². The van der Waals surface area contributed by atoms with Crippen LogP contribution >= 0.6 is 0 Å². The van der Waals surface area contributed by atoms with Gasteiger partial charge >= 0.3 is 0 Å². The smallest absolute Gasteiger partial charge is 0.242 e. The normalized spacial score (nSPS) is 16.2. The number of ether oxygens (including phenoxy) is 1. The molecule has 1 saturated carbocycles. The molecule has 1 aromatic carbocycles. The van der Waals surface area contributed by atoms with E-state index in [0.29, 0.717) is 32.0 Å². The van der Waals surface area contributed by atoms with E-state index >= 15 is 0 Å². The molecule has 0 spiro atoms. The number of amides is 1. The van der Waals surface area contributed by atoms with Gasteiger partial charge in [0.25, 0.3) is 0 Å². The van der Waals surface area contributed by atoms with Crippen LogP contribution in [-0.4, -0.2) is 39.8 Å². The number of Topliss-reactive ketones (excluding diaryl/α,β-unsaturated/α-hetero) is 1. The topological polar surface area (TPSA) is 77.6 Å². The summed E-state index contributed by atoms with van der Waals surface area (Å²) in [5, 5.41) is 0.929. The maximum Gasteiger partial charge on any atom is 0.242 e. The number of fused-ring (bicyclic) bond motifs is 2. The summed E-state index contributed by atoms with van der Waals surface area (Å²) in [7, 11) is 1.60. The highest BCUT2D eigenvalue weighted by molar-refractivity contribution is 6.10. The first-order valence-electron chi connectivity index (χ1n) is 10.0. The summed E-state index contributed by atoms with van der Waals surface area (Å²) in [5.74, 6) is 1.75. The molecular weight excluding hydrogens is 370 g/mol. The molecule has 150 valence electrons. The Morgan fingerprint density at radius 3 is 2.90 bits per heavy atom. The lowest BCUT2D eigenvalue weighted by atomic mass is 10.1. The lowest BCUT2D eigenvalue weighted by Crippen LogP contribution is -2.37. The minimum absolute atomic E-state index is 0.0121. The van der Waals surface area contributed by atoms with Gasteiger partial charge in [-0.25, -0.2) is 4.98 Å². The summed E-state index contributed by atoms with van der Waals surface area (Å²) in [6.45, 7) is 1.57. The van der Waals surface area contributed by atoms with Crippen molar-refractivity contribution in [3.63, 3.8) is 0 Å². The predicted molar refractivity (Wildman–Crippen MR) is 105 cm³/mol. The lowest BCUT2D eigenvalue weighted by Gasteiger charge is -2.25. The minimum atomic E-state index is 0.0121. The highest BCUT2D eigenvalue weighted by Gasteiger charge is 2.32. The third-order valence-corrected chi connectivity index (χ3v) is 5.70. The second kappa shape index (κ2) is 7.15. The van der Waals surface area contributed by atoms with Gasteiger partial charge in [-0.15, -0.1) is 0 Å². The number of methoxy groups -OCH3 is 1. The molecule has 3 heterocycles. The average Bonchev–Trinajstić information content (AvgIpc) is 3.41. The van der Waals surface area contributed by atoms with Crippen molar-refractivity contribution in [1.29, 1.82) is 0 Å². The minimum Gasteiger partial charge on any atom is -0.443 e. The second-order valence-electron chi connectivity index (χ2n) is 7.80. The molecule has 0 saturated heterocycles. The fourth-order valence-corrected chi connectivity index (χ4v) is 4.04. The highest BCUT2D eigenvalue weighted by Crippen LogP contribution is 2.35. The standard InChI is InChI=1S/C22H23N3O4/c1-28-13-20-23-17-11-24(9-8-19(17)29-20)21(26)12-25-10-16(22(27)14-6-7-14)15-4-2-3-5-18(15)25/h2-5,10,14H,6-9,11-13H2,1H3. The number of para-hydroxylation sites is 1. The number of rotatable bonds is 6. The van der Waals surface area contributed by atoms with Gasteiger partial charge in [0.1, 0.15) is 24.6 Å². The molecule has 0 bridgehead atoms. The first-order chi connectivity index (χ1) is 14.1. The van der Waals surface area contributed by atoms with Gasteiger partial charge in [-0.2, -0.15) is 0 Å². The van der Waals surface area contributed by atoms with Gasteiger partial charge in [0.2, 0.25) is 11.8 Å². The highest BCUT2D eigenvalue weighted by atomic mass is 16.5. The summed E-state index contributed by atoms with van der Waals surface area (Å²) in [6, 6.07) is 7.81. The zero-order valence-corrected chi connectivity index (χ0v) is 16.4. The largest absolute Gasteiger partial charge is 0.443 e. The maximum atomic E-state index is 13.0. The van der Waals surface area contributed by atoms with Crippen molar-refractivity contribution in [2.75, 3.05) is 13.7 Å². The average molecular weight is 393 g/mol. The number of hydrogen-bond acceptors (Lipinski definition) is 5. The zero-order chi connectivity index (χ0) is 20.0. The number of carbonyl (C=O) groups excluding carboxylic acids is 2. The van der Waals surface area contributed by atoms with Crippen LogP contribution in [0.3, 0.4) is 0 Å². The van der Waals surface area contributed by atoms with Gasteiger partial charge < -0.3 is 18.6 Å². The van der Waals surface area contributed by atoms with Crippen LogP contribution in [0.1, 0.15) is 40.5 Å². The van der Waals surface area contributed by atoms with Crippen LogP contribution in [0, 0.1) is 5.92 Å². The Kier molecular flexibility index (Phi) is 4.47. The molecule has 5 rings (SSSR count). The molecule has 7 nitrogen and oxygen atoms in total. The van der Waals surface area contributed by atoms with E-state index in [4.69, 9.17) is 9.15 Å². The van der Waals surface area contributed by atoms with Gasteiger partial charge in [0, 0.05) is 48.7 Å². The molecule has 29 heavy (non-hydrogen) atoms.